The molecule has 0 bridgehead atoms. The van der Waals surface area contributed by atoms with Crippen LogP contribution in [0.2, 0.25) is 0 Å². The molecule has 0 aliphatic rings. The maximum absolute atomic E-state index is 13.2. The SMILES string of the molecule is CCC(C)N(Cc1csc(COc2cccc(C)c2)n1)C(=O)c1ccccc1C. The summed E-state index contributed by atoms with van der Waals surface area (Å²) in [5.74, 6) is 0.903. The average Bonchev–Trinajstić information content (AvgIpc) is 3.17. The molecule has 152 valence electrons. The van der Waals surface area contributed by atoms with Gasteiger partial charge in [0.1, 0.15) is 17.4 Å². The monoisotopic (exact) mass is 408 g/mol. The summed E-state index contributed by atoms with van der Waals surface area (Å²) in [6.45, 7) is 9.15. The number of hydrogen-bond acceptors (Lipinski definition) is 4. The van der Waals surface area contributed by atoms with E-state index in [0.29, 0.717) is 13.2 Å². The fraction of sp³-hybridized carbons (Fsp3) is 0.333. The molecule has 29 heavy (non-hydrogen) atoms. The Morgan fingerprint density at radius 2 is 1.97 bits per heavy atom. The Hall–Kier alpha value is -2.66. The van der Waals surface area contributed by atoms with Crippen LogP contribution in [0, 0.1) is 13.8 Å². The highest BCUT2D eigenvalue weighted by molar-refractivity contribution is 7.09. The summed E-state index contributed by atoms with van der Waals surface area (Å²) in [6.07, 6.45) is 0.894. The molecule has 2 aromatic carbocycles. The zero-order chi connectivity index (χ0) is 20.8. The Kier molecular flexibility index (Phi) is 7.04. The number of thiazole rings is 1. The minimum atomic E-state index is 0.0583. The van der Waals surface area contributed by atoms with E-state index in [4.69, 9.17) is 9.72 Å². The number of rotatable bonds is 8. The zero-order valence-corrected chi connectivity index (χ0v) is 18.3. The molecular weight excluding hydrogens is 380 g/mol. The van der Waals surface area contributed by atoms with Gasteiger partial charge in [0, 0.05) is 17.0 Å². The number of benzene rings is 2. The quantitative estimate of drug-likeness (QED) is 0.474. The van der Waals surface area contributed by atoms with Gasteiger partial charge in [-0.2, -0.15) is 0 Å². The summed E-state index contributed by atoms with van der Waals surface area (Å²) >= 11 is 1.57. The number of hydrogen-bond donors (Lipinski definition) is 0. The summed E-state index contributed by atoms with van der Waals surface area (Å²) in [5, 5.41) is 2.93. The number of ether oxygens (including phenoxy) is 1. The van der Waals surface area contributed by atoms with Crippen LogP contribution in [-0.4, -0.2) is 21.8 Å². The number of carbonyl (C=O) groups is 1. The van der Waals surface area contributed by atoms with Gasteiger partial charge >= 0.3 is 0 Å². The topological polar surface area (TPSA) is 42.4 Å². The molecule has 4 nitrogen and oxygen atoms in total. The minimum Gasteiger partial charge on any atom is -0.486 e. The second-order valence-corrected chi connectivity index (χ2v) is 8.29. The molecule has 1 unspecified atom stereocenters. The molecule has 3 rings (SSSR count). The molecule has 1 heterocycles. The highest BCUT2D eigenvalue weighted by atomic mass is 32.1. The van der Waals surface area contributed by atoms with Gasteiger partial charge in [0.2, 0.25) is 0 Å². The van der Waals surface area contributed by atoms with Crippen molar-refractivity contribution in [1.29, 1.82) is 0 Å². The molecule has 0 saturated heterocycles. The molecule has 0 spiro atoms. The van der Waals surface area contributed by atoms with Crippen LogP contribution in [-0.2, 0) is 13.2 Å². The maximum atomic E-state index is 13.2. The molecule has 0 aliphatic carbocycles. The lowest BCUT2D eigenvalue weighted by Crippen LogP contribution is -2.38. The van der Waals surface area contributed by atoms with Crippen molar-refractivity contribution in [3.05, 3.63) is 81.3 Å². The maximum Gasteiger partial charge on any atom is 0.254 e. The van der Waals surface area contributed by atoms with Crippen molar-refractivity contribution in [3.63, 3.8) is 0 Å². The van der Waals surface area contributed by atoms with Crippen molar-refractivity contribution in [2.75, 3.05) is 0 Å². The molecule has 3 aromatic rings. The van der Waals surface area contributed by atoms with Crippen molar-refractivity contribution in [3.8, 4) is 5.75 Å². The third-order valence-electron chi connectivity index (χ3n) is 5.04. The van der Waals surface area contributed by atoms with E-state index in [1.807, 2.05) is 72.7 Å². The number of carbonyl (C=O) groups excluding carboxylic acids is 1. The van der Waals surface area contributed by atoms with Crippen LogP contribution in [0.25, 0.3) is 0 Å². The van der Waals surface area contributed by atoms with Crippen molar-refractivity contribution < 1.29 is 9.53 Å². The number of aryl methyl sites for hydroxylation is 2. The lowest BCUT2D eigenvalue weighted by molar-refractivity contribution is 0.0668. The summed E-state index contributed by atoms with van der Waals surface area (Å²) in [4.78, 5) is 19.8. The summed E-state index contributed by atoms with van der Waals surface area (Å²) in [6, 6.07) is 15.9. The molecule has 1 amide bonds. The van der Waals surface area contributed by atoms with Gasteiger partial charge in [-0.15, -0.1) is 11.3 Å². The van der Waals surface area contributed by atoms with Crippen LogP contribution < -0.4 is 4.74 Å². The van der Waals surface area contributed by atoms with Crippen molar-refractivity contribution in [2.24, 2.45) is 0 Å². The predicted octanol–water partition coefficient (Wildman–Crippen LogP) is 5.78. The van der Waals surface area contributed by atoms with E-state index < -0.39 is 0 Å². The molecule has 1 atom stereocenters. The Bertz CT molecular complexity index is 967. The molecule has 0 aliphatic heterocycles. The lowest BCUT2D eigenvalue weighted by atomic mass is 10.1. The molecule has 0 fully saturated rings. The number of nitrogens with zero attached hydrogens (tertiary/aromatic N) is 2. The zero-order valence-electron chi connectivity index (χ0n) is 17.5. The van der Waals surface area contributed by atoms with Crippen molar-refractivity contribution >= 4 is 17.2 Å². The number of amides is 1. The van der Waals surface area contributed by atoms with Gasteiger partial charge in [0.25, 0.3) is 5.91 Å². The fourth-order valence-corrected chi connectivity index (χ4v) is 3.82. The first-order valence-electron chi connectivity index (χ1n) is 9.97. The van der Waals surface area contributed by atoms with E-state index in [9.17, 15) is 4.79 Å². The highest BCUT2D eigenvalue weighted by Crippen LogP contribution is 2.20. The van der Waals surface area contributed by atoms with E-state index >= 15 is 0 Å². The fourth-order valence-electron chi connectivity index (χ4n) is 3.13. The highest BCUT2D eigenvalue weighted by Gasteiger charge is 2.23. The molecule has 0 N–H and O–H groups in total. The van der Waals surface area contributed by atoms with E-state index in [1.165, 1.54) is 5.56 Å². The second-order valence-electron chi connectivity index (χ2n) is 7.34. The standard InChI is InChI=1S/C24H28N2O2S/c1-5-19(4)26(24(27)22-12-7-6-10-18(22)3)14-20-16-29-23(25-20)15-28-21-11-8-9-17(2)13-21/h6-13,16,19H,5,14-15H2,1-4H3. The van der Waals surface area contributed by atoms with Crippen molar-refractivity contribution in [1.82, 2.24) is 9.88 Å². The summed E-state index contributed by atoms with van der Waals surface area (Å²) < 4.78 is 5.86. The smallest absolute Gasteiger partial charge is 0.254 e. The van der Waals surface area contributed by atoms with Crippen LogP contribution >= 0.6 is 11.3 Å². The van der Waals surface area contributed by atoms with Gasteiger partial charge in [0.05, 0.1) is 12.2 Å². The molecular formula is C24H28N2O2S. The third kappa shape index (κ3) is 5.45. The minimum absolute atomic E-state index is 0.0583. The predicted molar refractivity (Wildman–Crippen MR) is 118 cm³/mol. The Morgan fingerprint density at radius 1 is 1.17 bits per heavy atom. The first-order chi connectivity index (χ1) is 14.0. The molecule has 0 saturated carbocycles. The largest absolute Gasteiger partial charge is 0.486 e. The van der Waals surface area contributed by atoms with Gasteiger partial charge in [0.15, 0.2) is 0 Å². The van der Waals surface area contributed by atoms with Gasteiger partial charge in [-0.3, -0.25) is 4.79 Å². The van der Waals surface area contributed by atoms with E-state index in [2.05, 4.69) is 13.8 Å². The van der Waals surface area contributed by atoms with Crippen molar-refractivity contribution in [2.45, 2.75) is 53.3 Å². The first kappa shape index (κ1) is 21.1. The average molecular weight is 409 g/mol. The van der Waals surface area contributed by atoms with E-state index in [1.54, 1.807) is 11.3 Å². The Balaban J connectivity index is 1.70. The van der Waals surface area contributed by atoms with E-state index in [-0.39, 0.29) is 11.9 Å². The second kappa shape index (κ2) is 9.70. The first-order valence-corrected chi connectivity index (χ1v) is 10.8. The Labute approximate surface area is 177 Å². The van der Waals surface area contributed by atoms with Gasteiger partial charge in [-0.1, -0.05) is 37.3 Å². The normalized spacial score (nSPS) is 11.9. The lowest BCUT2D eigenvalue weighted by Gasteiger charge is -2.28. The van der Waals surface area contributed by atoms with Crippen LogP contribution in [0.4, 0.5) is 0 Å². The molecule has 1 aromatic heterocycles. The summed E-state index contributed by atoms with van der Waals surface area (Å²) in [5.41, 5.74) is 3.82. The van der Waals surface area contributed by atoms with Gasteiger partial charge < -0.3 is 9.64 Å². The van der Waals surface area contributed by atoms with Gasteiger partial charge in [-0.25, -0.2) is 4.98 Å². The van der Waals surface area contributed by atoms with E-state index in [0.717, 1.165) is 34.0 Å². The van der Waals surface area contributed by atoms with Gasteiger partial charge in [-0.05, 0) is 56.5 Å². The van der Waals surface area contributed by atoms with Crippen LogP contribution in [0.3, 0.4) is 0 Å². The third-order valence-corrected chi connectivity index (χ3v) is 5.91. The number of aromatic nitrogens is 1. The Morgan fingerprint density at radius 3 is 2.69 bits per heavy atom. The van der Waals surface area contributed by atoms with Crippen LogP contribution in [0.5, 0.6) is 5.75 Å². The molecule has 0 radical (unpaired) electrons. The summed E-state index contributed by atoms with van der Waals surface area (Å²) in [7, 11) is 0. The van der Waals surface area contributed by atoms with Crippen LogP contribution in [0.15, 0.2) is 53.9 Å². The molecule has 5 heteroatoms. The van der Waals surface area contributed by atoms with Crippen LogP contribution in [0.1, 0.15) is 52.5 Å².